The molecule has 112 valence electrons. The van der Waals surface area contributed by atoms with E-state index in [2.05, 4.69) is 77.3 Å². The predicted molar refractivity (Wildman–Crippen MR) is 92.6 cm³/mol. The molecule has 2 aromatic rings. The Kier molecular flexibility index (Phi) is 5.17. The van der Waals surface area contributed by atoms with Gasteiger partial charge in [-0.3, -0.25) is 4.98 Å². The van der Waals surface area contributed by atoms with E-state index in [-0.39, 0.29) is 11.5 Å². The van der Waals surface area contributed by atoms with Gasteiger partial charge in [-0.25, -0.2) is 0 Å². The minimum absolute atomic E-state index is 0.140. The van der Waals surface area contributed by atoms with Gasteiger partial charge < -0.3 is 5.32 Å². The second-order valence-electron chi connectivity index (χ2n) is 6.39. The van der Waals surface area contributed by atoms with Crippen LogP contribution in [0.25, 0.3) is 0 Å². The average molecular weight is 347 g/mol. The fourth-order valence-electron chi connectivity index (χ4n) is 2.65. The van der Waals surface area contributed by atoms with Gasteiger partial charge in [-0.2, -0.15) is 0 Å². The molecule has 0 radical (unpaired) electrons. The number of pyridine rings is 1. The number of hydrogen-bond donors (Lipinski definition) is 1. The lowest BCUT2D eigenvalue weighted by Crippen LogP contribution is -2.24. The highest BCUT2D eigenvalue weighted by molar-refractivity contribution is 9.10. The van der Waals surface area contributed by atoms with Gasteiger partial charge in [0.15, 0.2) is 0 Å². The summed E-state index contributed by atoms with van der Waals surface area (Å²) in [5.41, 5.74) is 4.13. The molecule has 0 spiro atoms. The second kappa shape index (κ2) is 6.71. The van der Waals surface area contributed by atoms with Crippen molar-refractivity contribution in [1.29, 1.82) is 0 Å². The van der Waals surface area contributed by atoms with Gasteiger partial charge in [-0.05, 0) is 57.6 Å². The van der Waals surface area contributed by atoms with Crippen molar-refractivity contribution in [2.24, 2.45) is 0 Å². The van der Waals surface area contributed by atoms with Crippen molar-refractivity contribution in [2.75, 3.05) is 7.05 Å². The Balaban J connectivity index is 2.34. The lowest BCUT2D eigenvalue weighted by Gasteiger charge is -2.27. The highest BCUT2D eigenvalue weighted by atomic mass is 79.9. The van der Waals surface area contributed by atoms with Crippen LogP contribution in [0.4, 0.5) is 0 Å². The summed E-state index contributed by atoms with van der Waals surface area (Å²) >= 11 is 3.49. The van der Waals surface area contributed by atoms with Crippen LogP contribution in [-0.2, 0) is 11.8 Å². The van der Waals surface area contributed by atoms with Gasteiger partial charge in [-0.15, -0.1) is 0 Å². The molecule has 2 rings (SSSR count). The molecule has 3 heteroatoms. The number of nitrogens with one attached hydrogen (secondary N) is 1. The van der Waals surface area contributed by atoms with E-state index in [1.165, 1.54) is 16.7 Å². The first-order valence-electron chi connectivity index (χ1n) is 7.28. The average Bonchev–Trinajstić information content (AvgIpc) is 2.44. The van der Waals surface area contributed by atoms with Crippen LogP contribution in [0.3, 0.4) is 0 Å². The molecule has 1 aromatic heterocycles. The largest absolute Gasteiger partial charge is 0.313 e. The molecule has 0 saturated heterocycles. The minimum atomic E-state index is 0.140. The Hall–Kier alpha value is -1.19. The monoisotopic (exact) mass is 346 g/mol. The van der Waals surface area contributed by atoms with Gasteiger partial charge in [0, 0.05) is 22.9 Å². The zero-order chi connectivity index (χ0) is 15.5. The summed E-state index contributed by atoms with van der Waals surface area (Å²) < 4.78 is 1.03. The van der Waals surface area contributed by atoms with Gasteiger partial charge in [0.1, 0.15) is 0 Å². The quantitative estimate of drug-likeness (QED) is 0.871. The van der Waals surface area contributed by atoms with Crippen LogP contribution in [0.2, 0.25) is 0 Å². The van der Waals surface area contributed by atoms with Crippen LogP contribution in [0, 0.1) is 0 Å². The number of hydrogen-bond acceptors (Lipinski definition) is 2. The first-order valence-corrected chi connectivity index (χ1v) is 8.07. The van der Waals surface area contributed by atoms with E-state index in [0.29, 0.717) is 0 Å². The predicted octanol–water partition coefficient (Wildman–Crippen LogP) is 4.64. The van der Waals surface area contributed by atoms with Crippen LogP contribution in [0.5, 0.6) is 0 Å². The van der Waals surface area contributed by atoms with Crippen LogP contribution in [0.15, 0.2) is 47.2 Å². The summed E-state index contributed by atoms with van der Waals surface area (Å²) in [5, 5.41) is 3.46. The van der Waals surface area contributed by atoms with Crippen molar-refractivity contribution < 1.29 is 0 Å². The standard InChI is InChI=1S/C18H23BrN2/c1-18(2,3)16-8-6-5-7-15(16)17(20-4)10-13-9-14(19)12-21-11-13/h5-9,11-12,17,20H,10H2,1-4H3. The Bertz CT molecular complexity index is 602. The molecular weight excluding hydrogens is 324 g/mol. The number of halogens is 1. The van der Waals surface area contributed by atoms with Crippen molar-refractivity contribution in [3.8, 4) is 0 Å². The molecule has 21 heavy (non-hydrogen) atoms. The lowest BCUT2D eigenvalue weighted by molar-refractivity contribution is 0.538. The maximum absolute atomic E-state index is 4.26. The number of benzene rings is 1. The van der Waals surface area contributed by atoms with E-state index in [1.54, 1.807) is 0 Å². The van der Waals surface area contributed by atoms with Gasteiger partial charge in [-0.1, -0.05) is 45.0 Å². The second-order valence-corrected chi connectivity index (χ2v) is 7.31. The normalized spacial score (nSPS) is 13.2. The minimum Gasteiger partial charge on any atom is -0.313 e. The summed E-state index contributed by atoms with van der Waals surface area (Å²) in [4.78, 5) is 4.26. The zero-order valence-corrected chi connectivity index (χ0v) is 14.7. The fourth-order valence-corrected chi connectivity index (χ4v) is 3.07. The van der Waals surface area contributed by atoms with E-state index in [1.807, 2.05) is 19.4 Å². The third-order valence-electron chi connectivity index (χ3n) is 3.69. The van der Waals surface area contributed by atoms with Crippen molar-refractivity contribution in [2.45, 2.75) is 38.6 Å². The molecular formula is C18H23BrN2. The van der Waals surface area contributed by atoms with Crippen molar-refractivity contribution in [3.63, 3.8) is 0 Å². The summed E-state index contributed by atoms with van der Waals surface area (Å²) in [6, 6.07) is 11.1. The molecule has 0 aliphatic heterocycles. The van der Waals surface area contributed by atoms with Gasteiger partial charge in [0.25, 0.3) is 0 Å². The Morgan fingerprint density at radius 1 is 1.19 bits per heavy atom. The van der Waals surface area contributed by atoms with Gasteiger partial charge in [0.05, 0.1) is 0 Å². The molecule has 0 amide bonds. The zero-order valence-electron chi connectivity index (χ0n) is 13.2. The van der Waals surface area contributed by atoms with E-state index in [0.717, 1.165) is 10.9 Å². The first kappa shape index (κ1) is 16.2. The number of rotatable bonds is 4. The summed E-state index contributed by atoms with van der Waals surface area (Å²) in [6.07, 6.45) is 4.69. The molecule has 0 bridgehead atoms. The molecule has 1 atom stereocenters. The van der Waals surface area contributed by atoms with Crippen LogP contribution >= 0.6 is 15.9 Å². The molecule has 1 unspecified atom stereocenters. The van der Waals surface area contributed by atoms with Crippen molar-refractivity contribution >= 4 is 15.9 Å². The Morgan fingerprint density at radius 3 is 2.52 bits per heavy atom. The van der Waals surface area contributed by atoms with Gasteiger partial charge >= 0.3 is 0 Å². The third-order valence-corrected chi connectivity index (χ3v) is 4.13. The molecule has 2 nitrogen and oxygen atoms in total. The number of nitrogens with zero attached hydrogens (tertiary/aromatic N) is 1. The van der Waals surface area contributed by atoms with Crippen LogP contribution in [-0.4, -0.2) is 12.0 Å². The SMILES string of the molecule is CNC(Cc1cncc(Br)c1)c1ccccc1C(C)(C)C. The summed E-state index contributed by atoms with van der Waals surface area (Å²) in [5.74, 6) is 0. The topological polar surface area (TPSA) is 24.9 Å². The molecule has 0 aliphatic rings. The molecule has 1 heterocycles. The summed E-state index contributed by atoms with van der Waals surface area (Å²) in [7, 11) is 2.02. The van der Waals surface area contributed by atoms with E-state index < -0.39 is 0 Å². The number of likely N-dealkylation sites (N-methyl/N-ethyl adjacent to an activating group) is 1. The smallest absolute Gasteiger partial charge is 0.0410 e. The maximum Gasteiger partial charge on any atom is 0.0410 e. The highest BCUT2D eigenvalue weighted by Gasteiger charge is 2.22. The molecule has 1 aromatic carbocycles. The molecule has 0 saturated carbocycles. The lowest BCUT2D eigenvalue weighted by atomic mass is 9.81. The highest BCUT2D eigenvalue weighted by Crippen LogP contribution is 2.31. The van der Waals surface area contributed by atoms with Crippen molar-refractivity contribution in [1.82, 2.24) is 10.3 Å². The van der Waals surface area contributed by atoms with E-state index >= 15 is 0 Å². The molecule has 1 N–H and O–H groups in total. The van der Waals surface area contributed by atoms with Crippen molar-refractivity contribution in [3.05, 3.63) is 63.9 Å². The third kappa shape index (κ3) is 4.14. The fraction of sp³-hybridized carbons (Fsp3) is 0.389. The van der Waals surface area contributed by atoms with Crippen LogP contribution < -0.4 is 5.32 Å². The summed E-state index contributed by atoms with van der Waals surface area (Å²) in [6.45, 7) is 6.79. The number of aromatic nitrogens is 1. The maximum atomic E-state index is 4.26. The van der Waals surface area contributed by atoms with E-state index in [9.17, 15) is 0 Å². The molecule has 0 fully saturated rings. The first-order chi connectivity index (χ1) is 9.91. The Morgan fingerprint density at radius 2 is 1.90 bits per heavy atom. The van der Waals surface area contributed by atoms with Gasteiger partial charge in [0.2, 0.25) is 0 Å². The van der Waals surface area contributed by atoms with Crippen LogP contribution in [0.1, 0.15) is 43.5 Å². The van der Waals surface area contributed by atoms with E-state index in [4.69, 9.17) is 0 Å². The molecule has 0 aliphatic carbocycles. The Labute approximate surface area is 136 Å².